The van der Waals surface area contributed by atoms with Crippen molar-refractivity contribution in [3.05, 3.63) is 53.9 Å². The molecule has 0 saturated heterocycles. The van der Waals surface area contributed by atoms with Gasteiger partial charge in [0.2, 0.25) is 0 Å². The van der Waals surface area contributed by atoms with Crippen LogP contribution in [0.4, 0.5) is 0 Å². The normalized spacial score (nSPS) is 11.2. The van der Waals surface area contributed by atoms with Crippen LogP contribution in [-0.2, 0) is 5.41 Å². The molecule has 1 heterocycles. The van der Waals surface area contributed by atoms with E-state index in [4.69, 9.17) is 4.74 Å². The fourth-order valence-electron chi connectivity index (χ4n) is 1.95. The minimum absolute atomic E-state index is 0.0380. The van der Waals surface area contributed by atoms with Crippen molar-refractivity contribution < 1.29 is 9.53 Å². The number of ether oxygens (including phenoxy) is 1. The van der Waals surface area contributed by atoms with Crippen LogP contribution in [-0.4, -0.2) is 10.8 Å². The fraction of sp³-hybridized carbons (Fsp3) is 0.333. The zero-order valence-corrected chi connectivity index (χ0v) is 13.0. The van der Waals surface area contributed by atoms with Crippen molar-refractivity contribution in [2.24, 2.45) is 0 Å². The van der Waals surface area contributed by atoms with Gasteiger partial charge in [-0.25, -0.2) is 4.98 Å². The lowest BCUT2D eigenvalue weighted by molar-refractivity contribution is 0.0983. The molecule has 3 heteroatoms. The summed E-state index contributed by atoms with van der Waals surface area (Å²) in [6, 6.07) is 11.5. The predicted molar refractivity (Wildman–Crippen MR) is 84.1 cm³/mol. The van der Waals surface area contributed by atoms with E-state index in [0.29, 0.717) is 17.9 Å². The van der Waals surface area contributed by atoms with Gasteiger partial charge in [0.1, 0.15) is 17.2 Å². The Morgan fingerprint density at radius 3 is 2.14 bits per heavy atom. The molecule has 110 valence electrons. The highest BCUT2D eigenvalue weighted by atomic mass is 16.5. The van der Waals surface area contributed by atoms with Gasteiger partial charge in [0.05, 0.1) is 6.20 Å². The molecule has 21 heavy (non-hydrogen) atoms. The number of Topliss-reactive ketones (excluding diaryl/α,β-unsaturated/α-hetero) is 1. The molecule has 3 nitrogen and oxygen atoms in total. The molecule has 1 aromatic carbocycles. The number of aromatic nitrogens is 1. The van der Waals surface area contributed by atoms with Gasteiger partial charge in [-0.05, 0) is 35.2 Å². The standard InChI is InChI=1S/C18H21NO2/c1-5-17(20)16-11-10-15(12-19-16)21-14-8-6-13(7-9-14)18(2,3)4/h6-12H,5H2,1-4H3. The van der Waals surface area contributed by atoms with Crippen molar-refractivity contribution in [3.63, 3.8) is 0 Å². The SMILES string of the molecule is CCC(=O)c1ccc(Oc2ccc(C(C)(C)C)cc2)cn1. The third-order valence-corrected chi connectivity index (χ3v) is 3.30. The molecule has 0 aliphatic rings. The zero-order valence-electron chi connectivity index (χ0n) is 13.0. The van der Waals surface area contributed by atoms with Crippen LogP contribution in [0.1, 0.15) is 50.2 Å². The van der Waals surface area contributed by atoms with Crippen LogP contribution in [0.3, 0.4) is 0 Å². The highest BCUT2D eigenvalue weighted by molar-refractivity contribution is 5.93. The molecule has 0 amide bonds. The van der Waals surface area contributed by atoms with Gasteiger partial charge in [-0.15, -0.1) is 0 Å². The molecule has 0 N–H and O–H groups in total. The Morgan fingerprint density at radius 1 is 1.05 bits per heavy atom. The minimum atomic E-state index is 0.0380. The molecule has 0 atom stereocenters. The topological polar surface area (TPSA) is 39.2 Å². The Balaban J connectivity index is 2.10. The first kappa shape index (κ1) is 15.2. The molecule has 2 rings (SSSR count). The van der Waals surface area contributed by atoms with E-state index in [0.717, 1.165) is 5.75 Å². The van der Waals surface area contributed by atoms with Gasteiger partial charge in [0.15, 0.2) is 5.78 Å². The fourth-order valence-corrected chi connectivity index (χ4v) is 1.95. The van der Waals surface area contributed by atoms with Crippen molar-refractivity contribution in [1.82, 2.24) is 4.98 Å². The minimum Gasteiger partial charge on any atom is -0.456 e. The number of carbonyl (C=O) groups excluding carboxylic acids is 1. The van der Waals surface area contributed by atoms with Gasteiger partial charge in [-0.3, -0.25) is 4.79 Å². The second kappa shape index (κ2) is 6.08. The summed E-state index contributed by atoms with van der Waals surface area (Å²) in [5.74, 6) is 1.43. The van der Waals surface area contributed by atoms with Crippen LogP contribution in [0.2, 0.25) is 0 Å². The van der Waals surface area contributed by atoms with Crippen molar-refractivity contribution in [2.75, 3.05) is 0 Å². The summed E-state index contributed by atoms with van der Waals surface area (Å²) in [6.45, 7) is 8.36. The summed E-state index contributed by atoms with van der Waals surface area (Å²) in [7, 11) is 0. The highest BCUT2D eigenvalue weighted by Gasteiger charge is 2.13. The van der Waals surface area contributed by atoms with E-state index >= 15 is 0 Å². The van der Waals surface area contributed by atoms with Crippen molar-refractivity contribution >= 4 is 5.78 Å². The molecule has 0 aliphatic carbocycles. The van der Waals surface area contributed by atoms with Gasteiger partial charge >= 0.3 is 0 Å². The van der Waals surface area contributed by atoms with E-state index < -0.39 is 0 Å². The van der Waals surface area contributed by atoms with Crippen molar-refractivity contribution in [3.8, 4) is 11.5 Å². The highest BCUT2D eigenvalue weighted by Crippen LogP contribution is 2.26. The molecule has 0 unspecified atom stereocenters. The summed E-state index contributed by atoms with van der Waals surface area (Å²) < 4.78 is 5.74. The van der Waals surface area contributed by atoms with E-state index in [1.807, 2.05) is 19.1 Å². The number of pyridine rings is 1. The first-order chi connectivity index (χ1) is 9.90. The quantitative estimate of drug-likeness (QED) is 0.759. The molecule has 0 aliphatic heterocycles. The van der Waals surface area contributed by atoms with Crippen LogP contribution in [0.5, 0.6) is 11.5 Å². The maximum atomic E-state index is 11.5. The average molecular weight is 283 g/mol. The molecule has 2 aromatic rings. The average Bonchev–Trinajstić information content (AvgIpc) is 2.47. The maximum absolute atomic E-state index is 11.5. The molecule has 0 saturated carbocycles. The number of hydrogen-bond donors (Lipinski definition) is 0. The third-order valence-electron chi connectivity index (χ3n) is 3.30. The number of hydrogen-bond acceptors (Lipinski definition) is 3. The number of nitrogens with zero attached hydrogens (tertiary/aromatic N) is 1. The lowest BCUT2D eigenvalue weighted by Crippen LogP contribution is -2.10. The molecular weight excluding hydrogens is 262 g/mol. The monoisotopic (exact) mass is 283 g/mol. The van der Waals surface area contributed by atoms with Crippen LogP contribution < -0.4 is 4.74 Å². The Morgan fingerprint density at radius 2 is 1.67 bits per heavy atom. The van der Waals surface area contributed by atoms with Crippen LogP contribution in [0.25, 0.3) is 0 Å². The van der Waals surface area contributed by atoms with E-state index in [1.54, 1.807) is 18.3 Å². The third kappa shape index (κ3) is 3.91. The maximum Gasteiger partial charge on any atom is 0.180 e. The van der Waals surface area contributed by atoms with Gasteiger partial charge in [0, 0.05) is 6.42 Å². The number of carbonyl (C=O) groups is 1. The first-order valence-electron chi connectivity index (χ1n) is 7.18. The van der Waals surface area contributed by atoms with E-state index in [1.165, 1.54) is 5.56 Å². The Labute approximate surface area is 126 Å². The Kier molecular flexibility index (Phi) is 4.41. The molecule has 0 radical (unpaired) electrons. The summed E-state index contributed by atoms with van der Waals surface area (Å²) in [5, 5.41) is 0. The molecule has 0 bridgehead atoms. The Bertz CT molecular complexity index is 607. The van der Waals surface area contributed by atoms with E-state index in [9.17, 15) is 4.79 Å². The van der Waals surface area contributed by atoms with E-state index in [-0.39, 0.29) is 11.2 Å². The van der Waals surface area contributed by atoms with Crippen molar-refractivity contribution in [2.45, 2.75) is 39.5 Å². The molecule has 1 aromatic heterocycles. The number of rotatable bonds is 4. The first-order valence-corrected chi connectivity index (χ1v) is 7.18. The lowest BCUT2D eigenvalue weighted by atomic mass is 9.87. The van der Waals surface area contributed by atoms with Crippen LogP contribution >= 0.6 is 0 Å². The number of ketones is 1. The summed E-state index contributed by atoms with van der Waals surface area (Å²) >= 11 is 0. The lowest BCUT2D eigenvalue weighted by Gasteiger charge is -2.19. The number of benzene rings is 1. The van der Waals surface area contributed by atoms with Crippen molar-refractivity contribution in [1.29, 1.82) is 0 Å². The van der Waals surface area contributed by atoms with Gasteiger partial charge < -0.3 is 4.74 Å². The summed E-state index contributed by atoms with van der Waals surface area (Å²) in [6.07, 6.45) is 2.04. The van der Waals surface area contributed by atoms with Crippen LogP contribution in [0.15, 0.2) is 42.6 Å². The largest absolute Gasteiger partial charge is 0.456 e. The molecule has 0 fully saturated rings. The smallest absolute Gasteiger partial charge is 0.180 e. The van der Waals surface area contributed by atoms with Gasteiger partial charge in [0.25, 0.3) is 0 Å². The van der Waals surface area contributed by atoms with Crippen LogP contribution in [0, 0.1) is 0 Å². The summed E-state index contributed by atoms with van der Waals surface area (Å²) in [5.41, 5.74) is 1.87. The molecule has 0 spiro atoms. The van der Waals surface area contributed by atoms with Gasteiger partial charge in [-0.1, -0.05) is 39.8 Å². The molecular formula is C18H21NO2. The van der Waals surface area contributed by atoms with Gasteiger partial charge in [-0.2, -0.15) is 0 Å². The Hall–Kier alpha value is -2.16. The second-order valence-corrected chi connectivity index (χ2v) is 6.03. The van der Waals surface area contributed by atoms with E-state index in [2.05, 4.69) is 37.9 Å². The zero-order chi connectivity index (χ0) is 15.5. The second-order valence-electron chi connectivity index (χ2n) is 6.03. The predicted octanol–water partition coefficient (Wildman–Crippen LogP) is 4.76. The summed E-state index contributed by atoms with van der Waals surface area (Å²) in [4.78, 5) is 15.6.